The van der Waals surface area contributed by atoms with E-state index in [0.717, 1.165) is 36.2 Å². The zero-order valence-electron chi connectivity index (χ0n) is 13.9. The zero-order valence-corrected chi connectivity index (χ0v) is 13.9. The van der Waals surface area contributed by atoms with Crippen LogP contribution in [0.5, 0.6) is 0 Å². The Bertz CT molecular complexity index is 881. The molecule has 0 spiro atoms. The fourth-order valence-corrected chi connectivity index (χ4v) is 2.93. The molecule has 2 N–H and O–H groups in total. The first-order valence-electron chi connectivity index (χ1n) is 8.06. The molecule has 3 rings (SSSR count). The minimum atomic E-state index is -0.795. The SMILES string of the molecule is Nc1cc([N+](=O)[O-])ccc1C(=O)OCC(=O)N1CCCc2ccccc21. The van der Waals surface area contributed by atoms with E-state index in [2.05, 4.69) is 0 Å². The molecule has 134 valence electrons. The second kappa shape index (κ2) is 7.22. The molecule has 0 saturated heterocycles. The lowest BCUT2D eigenvalue weighted by molar-refractivity contribution is -0.384. The molecule has 0 saturated carbocycles. The molecule has 0 radical (unpaired) electrons. The molecular weight excluding hydrogens is 338 g/mol. The number of hydrogen-bond acceptors (Lipinski definition) is 6. The molecule has 8 heteroatoms. The summed E-state index contributed by atoms with van der Waals surface area (Å²) in [6.45, 7) is 0.136. The van der Waals surface area contributed by atoms with E-state index < -0.39 is 17.5 Å². The molecule has 0 atom stereocenters. The number of non-ortho nitro benzene ring substituents is 1. The Morgan fingerprint density at radius 3 is 2.73 bits per heavy atom. The monoisotopic (exact) mass is 355 g/mol. The van der Waals surface area contributed by atoms with Crippen molar-refractivity contribution in [2.75, 3.05) is 23.8 Å². The molecule has 2 aromatic carbocycles. The molecule has 1 aliphatic heterocycles. The lowest BCUT2D eigenvalue weighted by Crippen LogP contribution is -2.38. The van der Waals surface area contributed by atoms with Gasteiger partial charge < -0.3 is 15.4 Å². The van der Waals surface area contributed by atoms with E-state index in [1.165, 1.54) is 6.07 Å². The minimum absolute atomic E-state index is 0.0116. The molecule has 26 heavy (non-hydrogen) atoms. The van der Waals surface area contributed by atoms with Crippen molar-refractivity contribution in [1.82, 2.24) is 0 Å². The molecule has 8 nitrogen and oxygen atoms in total. The van der Waals surface area contributed by atoms with Crippen molar-refractivity contribution < 1.29 is 19.2 Å². The summed E-state index contributed by atoms with van der Waals surface area (Å²) >= 11 is 0. The van der Waals surface area contributed by atoms with Gasteiger partial charge >= 0.3 is 5.97 Å². The van der Waals surface area contributed by atoms with E-state index in [0.29, 0.717) is 6.54 Å². The molecule has 0 aliphatic carbocycles. The first kappa shape index (κ1) is 17.4. The van der Waals surface area contributed by atoms with Crippen molar-refractivity contribution in [1.29, 1.82) is 0 Å². The van der Waals surface area contributed by atoms with Crippen molar-refractivity contribution in [3.05, 3.63) is 63.7 Å². The number of nitrogens with two attached hydrogens (primary N) is 1. The Hall–Kier alpha value is -3.42. The highest BCUT2D eigenvalue weighted by atomic mass is 16.6. The fraction of sp³-hybridized carbons (Fsp3) is 0.222. The van der Waals surface area contributed by atoms with Crippen molar-refractivity contribution in [3.8, 4) is 0 Å². The lowest BCUT2D eigenvalue weighted by atomic mass is 10.0. The van der Waals surface area contributed by atoms with Crippen LogP contribution < -0.4 is 10.6 Å². The lowest BCUT2D eigenvalue weighted by Gasteiger charge is -2.29. The van der Waals surface area contributed by atoms with Gasteiger partial charge in [0.25, 0.3) is 11.6 Å². The number of carbonyl (C=O) groups is 2. The summed E-state index contributed by atoms with van der Waals surface area (Å²) in [5.41, 5.74) is 7.28. The average Bonchev–Trinajstić information content (AvgIpc) is 2.65. The van der Waals surface area contributed by atoms with Crippen LogP contribution in [0.25, 0.3) is 0 Å². The number of carbonyl (C=O) groups excluding carboxylic acids is 2. The van der Waals surface area contributed by atoms with Gasteiger partial charge in [-0.05, 0) is 30.5 Å². The number of amides is 1. The van der Waals surface area contributed by atoms with Crippen molar-refractivity contribution >= 4 is 28.9 Å². The predicted molar refractivity (Wildman–Crippen MR) is 94.9 cm³/mol. The van der Waals surface area contributed by atoms with Gasteiger partial charge in [-0.15, -0.1) is 0 Å². The third-order valence-electron chi connectivity index (χ3n) is 4.20. The number of para-hydroxylation sites is 1. The van der Waals surface area contributed by atoms with E-state index >= 15 is 0 Å². The van der Waals surface area contributed by atoms with E-state index in [-0.39, 0.29) is 22.8 Å². The largest absolute Gasteiger partial charge is 0.452 e. The van der Waals surface area contributed by atoms with Gasteiger partial charge in [0.2, 0.25) is 0 Å². The Morgan fingerprint density at radius 1 is 1.23 bits per heavy atom. The molecule has 0 aromatic heterocycles. The van der Waals surface area contributed by atoms with E-state index in [1.54, 1.807) is 4.90 Å². The molecular formula is C18H17N3O5. The standard InChI is InChI=1S/C18H17N3O5/c19-15-10-13(21(24)25)7-8-14(15)18(23)26-11-17(22)20-9-3-5-12-4-1-2-6-16(12)20/h1-2,4,6-8,10H,3,5,9,11,19H2. The first-order chi connectivity index (χ1) is 12.5. The summed E-state index contributed by atoms with van der Waals surface area (Å²) in [6.07, 6.45) is 1.74. The number of nitrogens with zero attached hydrogens (tertiary/aromatic N) is 2. The molecule has 1 aliphatic rings. The number of fused-ring (bicyclic) bond motifs is 1. The van der Waals surface area contributed by atoms with Crippen molar-refractivity contribution in [2.45, 2.75) is 12.8 Å². The number of nitro benzene ring substituents is 1. The van der Waals surface area contributed by atoms with Gasteiger partial charge in [-0.2, -0.15) is 0 Å². The number of ether oxygens (including phenoxy) is 1. The maximum atomic E-state index is 12.5. The van der Waals surface area contributed by atoms with Gasteiger partial charge in [0.1, 0.15) is 0 Å². The normalized spacial score (nSPS) is 13.0. The van der Waals surface area contributed by atoms with E-state index in [9.17, 15) is 19.7 Å². The third-order valence-corrected chi connectivity index (χ3v) is 4.20. The van der Waals surface area contributed by atoms with Crippen LogP contribution in [0.4, 0.5) is 17.1 Å². The van der Waals surface area contributed by atoms with Gasteiger partial charge in [-0.25, -0.2) is 4.79 Å². The van der Waals surface area contributed by atoms with Gasteiger partial charge in [-0.3, -0.25) is 14.9 Å². The van der Waals surface area contributed by atoms with Crippen LogP contribution in [0.3, 0.4) is 0 Å². The highest BCUT2D eigenvalue weighted by Gasteiger charge is 2.24. The highest BCUT2D eigenvalue weighted by molar-refractivity contribution is 5.99. The number of esters is 1. The maximum absolute atomic E-state index is 12.5. The molecule has 0 bridgehead atoms. The maximum Gasteiger partial charge on any atom is 0.340 e. The Kier molecular flexibility index (Phi) is 4.83. The molecule has 2 aromatic rings. The second-order valence-corrected chi connectivity index (χ2v) is 5.88. The number of hydrogen-bond donors (Lipinski definition) is 1. The van der Waals surface area contributed by atoms with Crippen LogP contribution in [0.15, 0.2) is 42.5 Å². The molecule has 1 amide bonds. The van der Waals surface area contributed by atoms with Gasteiger partial charge in [0, 0.05) is 24.4 Å². The number of benzene rings is 2. The predicted octanol–water partition coefficient (Wildman–Crippen LogP) is 2.31. The summed E-state index contributed by atoms with van der Waals surface area (Å²) in [5, 5.41) is 10.7. The summed E-state index contributed by atoms with van der Waals surface area (Å²) in [7, 11) is 0. The fourth-order valence-electron chi connectivity index (χ4n) is 2.93. The van der Waals surface area contributed by atoms with Gasteiger partial charge in [0.05, 0.1) is 16.2 Å². The number of aryl methyl sites for hydroxylation is 1. The highest BCUT2D eigenvalue weighted by Crippen LogP contribution is 2.27. The Morgan fingerprint density at radius 2 is 2.00 bits per heavy atom. The van der Waals surface area contributed by atoms with Crippen LogP contribution >= 0.6 is 0 Å². The smallest absolute Gasteiger partial charge is 0.340 e. The summed E-state index contributed by atoms with van der Waals surface area (Å²) in [4.78, 5) is 36.3. The Balaban J connectivity index is 1.67. The molecule has 0 fully saturated rings. The van der Waals surface area contributed by atoms with Crippen LogP contribution in [-0.2, 0) is 16.0 Å². The van der Waals surface area contributed by atoms with Crippen LogP contribution in [-0.4, -0.2) is 30.0 Å². The van der Waals surface area contributed by atoms with Crippen LogP contribution in [0, 0.1) is 10.1 Å². The summed E-state index contributed by atoms with van der Waals surface area (Å²) in [6, 6.07) is 11.1. The van der Waals surface area contributed by atoms with Crippen molar-refractivity contribution in [2.24, 2.45) is 0 Å². The quantitative estimate of drug-likeness (QED) is 0.389. The third kappa shape index (κ3) is 3.49. The number of rotatable bonds is 4. The number of nitro groups is 1. The van der Waals surface area contributed by atoms with E-state index in [1.807, 2.05) is 24.3 Å². The van der Waals surface area contributed by atoms with Crippen LogP contribution in [0.1, 0.15) is 22.3 Å². The van der Waals surface area contributed by atoms with Crippen LogP contribution in [0.2, 0.25) is 0 Å². The van der Waals surface area contributed by atoms with Gasteiger partial charge in [-0.1, -0.05) is 18.2 Å². The van der Waals surface area contributed by atoms with Gasteiger partial charge in [0.15, 0.2) is 6.61 Å². The second-order valence-electron chi connectivity index (χ2n) is 5.88. The first-order valence-corrected chi connectivity index (χ1v) is 8.06. The van der Waals surface area contributed by atoms with Crippen molar-refractivity contribution in [3.63, 3.8) is 0 Å². The zero-order chi connectivity index (χ0) is 18.7. The molecule has 1 heterocycles. The number of anilines is 2. The summed E-state index contributed by atoms with van der Waals surface area (Å²) < 4.78 is 5.06. The number of nitrogen functional groups attached to an aromatic ring is 1. The van der Waals surface area contributed by atoms with E-state index in [4.69, 9.17) is 10.5 Å². The Labute approximate surface area is 149 Å². The minimum Gasteiger partial charge on any atom is -0.452 e. The summed E-state index contributed by atoms with van der Waals surface area (Å²) in [5.74, 6) is -1.12. The topological polar surface area (TPSA) is 116 Å². The molecule has 0 unspecified atom stereocenters. The average molecular weight is 355 g/mol.